The van der Waals surface area contributed by atoms with E-state index in [-0.39, 0.29) is 10.7 Å². The average Bonchev–Trinajstić information content (AvgIpc) is 2.26. The van der Waals surface area contributed by atoms with Gasteiger partial charge in [0.1, 0.15) is 10.7 Å². The summed E-state index contributed by atoms with van der Waals surface area (Å²) in [6, 6.07) is 0. The van der Waals surface area contributed by atoms with Crippen LogP contribution in [-0.4, -0.2) is 52.6 Å². The minimum Gasteiger partial charge on any atom is -0.785 e. The summed E-state index contributed by atoms with van der Waals surface area (Å²) in [5.41, 5.74) is -1.01. The van der Waals surface area contributed by atoms with Gasteiger partial charge in [-0.15, -0.1) is 0 Å². The van der Waals surface area contributed by atoms with Gasteiger partial charge in [0, 0.05) is 13.4 Å². The van der Waals surface area contributed by atoms with E-state index in [1.807, 2.05) is 0 Å². The van der Waals surface area contributed by atoms with Gasteiger partial charge >= 0.3 is 0 Å². The van der Waals surface area contributed by atoms with Gasteiger partial charge in [0.15, 0.2) is 9.84 Å². The Morgan fingerprint density at radius 2 is 2.00 bits per heavy atom. The van der Waals surface area contributed by atoms with Crippen molar-refractivity contribution in [3.05, 3.63) is 28.0 Å². The summed E-state index contributed by atoms with van der Waals surface area (Å²) in [6.07, 6.45) is 3.30. The Morgan fingerprint density at radius 3 is 2.33 bits per heavy atom. The highest BCUT2D eigenvalue weighted by Crippen LogP contribution is 2.34. The number of hydrogen-bond donors (Lipinski definition) is 0. The van der Waals surface area contributed by atoms with E-state index in [0.717, 1.165) is 11.3 Å². The van der Waals surface area contributed by atoms with Crippen molar-refractivity contribution in [3.63, 3.8) is 0 Å². The van der Waals surface area contributed by atoms with E-state index in [0.29, 0.717) is 0 Å². The standard InChI is InChI=1S/C11H18NO5S/c1-11(12(2)13)7-8(16-3)9(18(5,14)15)6-10(11)17-4/h6-7,10H,1-5H3/q-1. The molecular weight excluding hydrogens is 258 g/mol. The number of ether oxygens (including phenoxy) is 2. The minimum absolute atomic E-state index is 0.0381. The molecule has 18 heavy (non-hydrogen) atoms. The molecule has 7 heteroatoms. The Kier molecular flexibility index (Phi) is 4.22. The second-order valence-corrected chi connectivity index (χ2v) is 6.38. The van der Waals surface area contributed by atoms with Crippen molar-refractivity contribution in [1.82, 2.24) is 5.06 Å². The second kappa shape index (κ2) is 5.00. The SMILES string of the molecule is COC1=CC(C)(N(C)[O-])C(OC)C=C1S(C)(=O)=O. The number of nitrogens with zero attached hydrogens (tertiary/aromatic N) is 1. The highest BCUT2D eigenvalue weighted by molar-refractivity contribution is 7.94. The molecule has 1 rings (SSSR count). The smallest absolute Gasteiger partial charge is 0.178 e. The number of methoxy groups -OCH3 is 2. The fraction of sp³-hybridized carbons (Fsp3) is 0.636. The summed E-state index contributed by atoms with van der Waals surface area (Å²) in [7, 11) is 0.707. The summed E-state index contributed by atoms with van der Waals surface area (Å²) in [6.45, 7) is 1.66. The quantitative estimate of drug-likeness (QED) is 0.702. The molecule has 0 aromatic heterocycles. The lowest BCUT2D eigenvalue weighted by molar-refractivity contribution is 0.0358. The van der Waals surface area contributed by atoms with Gasteiger partial charge in [0.25, 0.3) is 0 Å². The van der Waals surface area contributed by atoms with Crippen LogP contribution in [0, 0.1) is 5.21 Å². The molecule has 0 N–H and O–H groups in total. The number of hydroxylamine groups is 2. The number of sulfone groups is 1. The average molecular weight is 276 g/mol. The van der Waals surface area contributed by atoms with E-state index in [2.05, 4.69) is 0 Å². The fourth-order valence-electron chi connectivity index (χ4n) is 1.85. The Labute approximate surface area is 107 Å². The maximum Gasteiger partial charge on any atom is 0.178 e. The van der Waals surface area contributed by atoms with Crippen LogP contribution >= 0.6 is 0 Å². The molecule has 2 atom stereocenters. The first-order valence-electron chi connectivity index (χ1n) is 5.29. The highest BCUT2D eigenvalue weighted by atomic mass is 32.2. The van der Waals surface area contributed by atoms with Gasteiger partial charge in [0.2, 0.25) is 0 Å². The Hall–Kier alpha value is -0.890. The third-order valence-electron chi connectivity index (χ3n) is 3.10. The lowest BCUT2D eigenvalue weighted by Gasteiger charge is -2.47. The molecule has 0 spiro atoms. The predicted octanol–water partition coefficient (Wildman–Crippen LogP) is 0.662. The molecule has 0 bridgehead atoms. The van der Waals surface area contributed by atoms with Crippen LogP contribution in [0.4, 0.5) is 0 Å². The molecule has 0 saturated carbocycles. The molecule has 0 aliphatic heterocycles. The van der Waals surface area contributed by atoms with Gasteiger partial charge in [-0.2, -0.15) is 0 Å². The van der Waals surface area contributed by atoms with E-state index in [4.69, 9.17) is 9.47 Å². The first-order chi connectivity index (χ1) is 8.16. The summed E-state index contributed by atoms with van der Waals surface area (Å²) < 4.78 is 33.6. The molecule has 0 fully saturated rings. The van der Waals surface area contributed by atoms with Crippen molar-refractivity contribution in [3.8, 4) is 0 Å². The molecule has 0 aromatic carbocycles. The Bertz CT molecular complexity index is 480. The van der Waals surface area contributed by atoms with Gasteiger partial charge in [-0.3, -0.25) is 0 Å². The van der Waals surface area contributed by atoms with Gasteiger partial charge < -0.3 is 19.7 Å². The Balaban J connectivity index is 3.38. The Morgan fingerprint density at radius 1 is 1.44 bits per heavy atom. The monoisotopic (exact) mass is 276 g/mol. The zero-order valence-corrected chi connectivity index (χ0v) is 11.9. The van der Waals surface area contributed by atoms with Crippen molar-refractivity contribution in [1.29, 1.82) is 0 Å². The first-order valence-corrected chi connectivity index (χ1v) is 7.18. The molecule has 0 aromatic rings. The maximum atomic E-state index is 11.7. The van der Waals surface area contributed by atoms with Crippen molar-refractivity contribution in [2.24, 2.45) is 0 Å². The van der Waals surface area contributed by atoms with Crippen molar-refractivity contribution in [2.75, 3.05) is 27.5 Å². The van der Waals surface area contributed by atoms with Gasteiger partial charge in [-0.1, -0.05) is 0 Å². The molecule has 104 valence electrons. The van der Waals surface area contributed by atoms with Crippen LogP contribution in [0.15, 0.2) is 22.8 Å². The summed E-state index contributed by atoms with van der Waals surface area (Å²) in [5, 5.41) is 12.4. The van der Waals surface area contributed by atoms with Crippen LogP contribution in [0.1, 0.15) is 6.92 Å². The predicted molar refractivity (Wildman–Crippen MR) is 68.4 cm³/mol. The zero-order valence-electron chi connectivity index (χ0n) is 11.1. The van der Waals surface area contributed by atoms with Crippen LogP contribution in [0.3, 0.4) is 0 Å². The van der Waals surface area contributed by atoms with E-state index in [9.17, 15) is 13.6 Å². The zero-order chi connectivity index (χ0) is 14.1. The third-order valence-corrected chi connectivity index (χ3v) is 4.23. The third kappa shape index (κ3) is 2.59. The fourth-order valence-corrected chi connectivity index (χ4v) is 2.73. The summed E-state index contributed by atoms with van der Waals surface area (Å²) >= 11 is 0. The molecule has 2 unspecified atom stereocenters. The molecule has 0 heterocycles. The number of hydrogen-bond acceptors (Lipinski definition) is 6. The summed E-state index contributed by atoms with van der Waals surface area (Å²) in [4.78, 5) is 0.0381. The topological polar surface area (TPSA) is 78.9 Å². The molecule has 1 aliphatic carbocycles. The highest BCUT2D eigenvalue weighted by Gasteiger charge is 2.38. The molecular formula is C11H18NO5S-. The van der Waals surface area contributed by atoms with Crippen LogP contribution in [0.5, 0.6) is 0 Å². The van der Waals surface area contributed by atoms with Gasteiger partial charge in [-0.05, 0) is 26.1 Å². The molecule has 0 saturated heterocycles. The van der Waals surface area contributed by atoms with Crippen molar-refractivity contribution >= 4 is 9.84 Å². The second-order valence-electron chi connectivity index (χ2n) is 4.40. The van der Waals surface area contributed by atoms with Crippen LogP contribution in [-0.2, 0) is 19.3 Å². The van der Waals surface area contributed by atoms with Crippen LogP contribution in [0.2, 0.25) is 0 Å². The lowest BCUT2D eigenvalue weighted by Crippen LogP contribution is -2.51. The first kappa shape index (κ1) is 15.2. The molecule has 6 nitrogen and oxygen atoms in total. The van der Waals surface area contributed by atoms with Gasteiger partial charge in [0.05, 0.1) is 18.8 Å². The van der Waals surface area contributed by atoms with Crippen molar-refractivity contribution in [2.45, 2.75) is 18.6 Å². The normalized spacial score (nSPS) is 28.9. The summed E-state index contributed by atoms with van der Waals surface area (Å²) in [5.74, 6) is 0.163. The van der Waals surface area contributed by atoms with Crippen molar-refractivity contribution < 1.29 is 17.9 Å². The molecule has 1 aliphatic rings. The molecule has 0 amide bonds. The van der Waals surface area contributed by atoms with Crippen LogP contribution in [0.25, 0.3) is 0 Å². The number of likely N-dealkylation sites (N-methyl/N-ethyl adjacent to an activating group) is 1. The minimum atomic E-state index is -3.44. The van der Waals surface area contributed by atoms with E-state index < -0.39 is 21.5 Å². The largest absolute Gasteiger partial charge is 0.785 e. The number of rotatable bonds is 4. The van der Waals surface area contributed by atoms with E-state index >= 15 is 0 Å². The maximum absolute atomic E-state index is 11.7. The molecule has 0 radical (unpaired) electrons. The van der Waals surface area contributed by atoms with E-state index in [1.54, 1.807) is 6.92 Å². The lowest BCUT2D eigenvalue weighted by atomic mass is 9.89. The van der Waals surface area contributed by atoms with Crippen LogP contribution < -0.4 is 0 Å². The van der Waals surface area contributed by atoms with E-state index in [1.165, 1.54) is 33.4 Å². The van der Waals surface area contributed by atoms with Gasteiger partial charge in [-0.25, -0.2) is 8.42 Å².